The van der Waals surface area contributed by atoms with Gasteiger partial charge in [0.15, 0.2) is 0 Å². The highest BCUT2D eigenvalue weighted by molar-refractivity contribution is 5.94. The molecule has 0 saturated carbocycles. The average Bonchev–Trinajstić information content (AvgIpc) is 2.29. The van der Waals surface area contributed by atoms with Gasteiger partial charge in [-0.2, -0.15) is 0 Å². The van der Waals surface area contributed by atoms with Crippen LogP contribution in [0.5, 0.6) is 0 Å². The van der Waals surface area contributed by atoms with E-state index in [-0.39, 0.29) is 7.33 Å². The van der Waals surface area contributed by atoms with Crippen LogP contribution in [-0.2, 0) is 0 Å². The molecule has 0 heterocycles. The molecule has 0 bridgehead atoms. The molecule has 0 aromatic heterocycles. The van der Waals surface area contributed by atoms with Gasteiger partial charge in [0, 0.05) is 19.6 Å². The van der Waals surface area contributed by atoms with Crippen LogP contribution < -0.4 is 5.32 Å². The molecule has 84 valence electrons. The summed E-state index contributed by atoms with van der Waals surface area (Å²) >= 11 is 0. The first kappa shape index (κ1) is 13.4. The summed E-state index contributed by atoms with van der Waals surface area (Å²) in [5.41, 5.74) is 1.13. The minimum atomic E-state index is -0.146. The first-order valence-electron chi connectivity index (χ1n) is 4.96. The van der Waals surface area contributed by atoms with Crippen LogP contribution in [0.3, 0.4) is 0 Å². The molecule has 3 nitrogen and oxygen atoms in total. The van der Waals surface area contributed by atoms with Gasteiger partial charge in [-0.3, -0.25) is 9.59 Å². The molecule has 0 radical (unpaired) electrons. The van der Waals surface area contributed by atoms with Crippen molar-refractivity contribution in [1.82, 2.24) is 5.32 Å². The third-order valence-electron chi connectivity index (χ3n) is 1.54. The fourth-order valence-electron chi connectivity index (χ4n) is 0.857. The van der Waals surface area contributed by atoms with Gasteiger partial charge >= 0.3 is 0 Å². The second-order valence-electron chi connectivity index (χ2n) is 3.03. The van der Waals surface area contributed by atoms with Crippen LogP contribution >= 0.6 is 0 Å². The summed E-state index contributed by atoms with van der Waals surface area (Å²) in [5, 5.41) is 2.49. The van der Waals surface area contributed by atoms with E-state index in [2.05, 4.69) is 19.2 Å². The monoisotopic (exact) mass is 209 g/mol. The molecule has 3 heteroatoms. The van der Waals surface area contributed by atoms with Crippen molar-refractivity contribution in [3.05, 3.63) is 35.4 Å². The van der Waals surface area contributed by atoms with Crippen molar-refractivity contribution in [2.45, 2.75) is 20.3 Å². The summed E-state index contributed by atoms with van der Waals surface area (Å²) in [6.45, 7) is 4.25. The molecular weight excluding hydrogens is 190 g/mol. The Morgan fingerprint density at radius 2 is 1.80 bits per heavy atom. The van der Waals surface area contributed by atoms with E-state index in [0.29, 0.717) is 11.1 Å². The van der Waals surface area contributed by atoms with Gasteiger partial charge in [0.05, 0.1) is 0 Å². The van der Waals surface area contributed by atoms with Gasteiger partial charge in [0.1, 0.15) is 6.29 Å². The van der Waals surface area contributed by atoms with Gasteiger partial charge < -0.3 is 5.32 Å². The topological polar surface area (TPSA) is 46.2 Å². The normalized spacial score (nSPS) is 8.47. The molecular formula is C12H19NO2. The van der Waals surface area contributed by atoms with Crippen LogP contribution in [0, 0.1) is 0 Å². The number of aldehydes is 1. The summed E-state index contributed by atoms with van der Waals surface area (Å²) in [5.74, 6) is -0.146. The van der Waals surface area contributed by atoms with Crippen molar-refractivity contribution in [3.8, 4) is 0 Å². The van der Waals surface area contributed by atoms with E-state index in [1.54, 1.807) is 31.3 Å². The van der Waals surface area contributed by atoms with Gasteiger partial charge in [0.25, 0.3) is 5.91 Å². The van der Waals surface area contributed by atoms with Crippen molar-refractivity contribution < 1.29 is 11.0 Å². The first-order chi connectivity index (χ1) is 7.19. The lowest BCUT2D eigenvalue weighted by molar-refractivity contribution is 0.0962. The summed E-state index contributed by atoms with van der Waals surface area (Å²) in [6, 6.07) is 6.44. The Hall–Kier alpha value is -1.64. The Morgan fingerprint density at radius 1 is 1.33 bits per heavy atom. The molecule has 1 aromatic carbocycles. The highest BCUT2D eigenvalue weighted by Gasteiger charge is 2.00. The highest BCUT2D eigenvalue weighted by atomic mass is 16.1. The van der Waals surface area contributed by atoms with E-state index in [4.69, 9.17) is 0 Å². The molecule has 0 unspecified atom stereocenters. The molecule has 0 aliphatic rings. The Labute approximate surface area is 92.0 Å². The molecule has 15 heavy (non-hydrogen) atoms. The van der Waals surface area contributed by atoms with Crippen LogP contribution in [0.15, 0.2) is 24.3 Å². The highest BCUT2D eigenvalue weighted by Crippen LogP contribution is 2.01. The molecule has 0 atom stereocenters. The summed E-state index contributed by atoms with van der Waals surface area (Å²) in [4.78, 5) is 21.3. The zero-order valence-corrected chi connectivity index (χ0v) is 9.41. The summed E-state index contributed by atoms with van der Waals surface area (Å²) in [6.07, 6.45) is 1.99. The quantitative estimate of drug-likeness (QED) is 0.761. The molecule has 1 aromatic rings. The third-order valence-corrected chi connectivity index (χ3v) is 1.54. The predicted molar refractivity (Wildman–Crippen MR) is 63.3 cm³/mol. The number of hydrogen-bond acceptors (Lipinski definition) is 2. The lowest BCUT2D eigenvalue weighted by atomic mass is 10.1. The zero-order chi connectivity index (χ0) is 11.7. The molecule has 1 rings (SSSR count). The van der Waals surface area contributed by atoms with E-state index in [1.165, 1.54) is 6.42 Å². The van der Waals surface area contributed by atoms with E-state index >= 15 is 0 Å². The van der Waals surface area contributed by atoms with E-state index < -0.39 is 0 Å². The van der Waals surface area contributed by atoms with Gasteiger partial charge in [-0.1, -0.05) is 32.4 Å². The largest absolute Gasteiger partial charge is 0.355 e. The number of nitrogens with one attached hydrogen (secondary N) is 1. The minimum absolute atomic E-state index is 0. The van der Waals surface area contributed by atoms with Crippen LogP contribution in [-0.4, -0.2) is 19.2 Å². The Morgan fingerprint density at radius 3 is 2.13 bits per heavy atom. The fourth-order valence-corrected chi connectivity index (χ4v) is 0.857. The summed E-state index contributed by atoms with van der Waals surface area (Å²) in [7, 11) is 1.57. The molecule has 0 aliphatic carbocycles. The SMILES string of the molecule is CCC.CNC(=O)c1ccc(C=O)cc1.[HH]. The van der Waals surface area contributed by atoms with Gasteiger partial charge in [-0.05, 0) is 12.1 Å². The average molecular weight is 209 g/mol. The second-order valence-corrected chi connectivity index (χ2v) is 3.03. The van der Waals surface area contributed by atoms with Crippen molar-refractivity contribution in [2.24, 2.45) is 0 Å². The van der Waals surface area contributed by atoms with Crippen LogP contribution in [0.2, 0.25) is 0 Å². The second kappa shape index (κ2) is 7.74. The standard InChI is InChI=1S/C9H9NO2.C3H8.H2/c1-10-9(12)8-4-2-7(6-11)3-5-8;1-3-2;/h2-6H,1H3,(H,10,12);3H2,1-2H3;1H. The molecule has 0 saturated heterocycles. The molecule has 0 aliphatic heterocycles. The van der Waals surface area contributed by atoms with E-state index in [9.17, 15) is 9.59 Å². The van der Waals surface area contributed by atoms with Crippen LogP contribution in [0.1, 0.15) is 42.4 Å². The molecule has 1 N–H and O–H groups in total. The van der Waals surface area contributed by atoms with Crippen LogP contribution in [0.4, 0.5) is 0 Å². The van der Waals surface area contributed by atoms with Crippen molar-refractivity contribution in [2.75, 3.05) is 7.05 Å². The van der Waals surface area contributed by atoms with Crippen molar-refractivity contribution >= 4 is 12.2 Å². The maximum atomic E-state index is 11.0. The Balaban J connectivity index is 0. The number of benzene rings is 1. The lowest BCUT2D eigenvalue weighted by Crippen LogP contribution is -2.17. The van der Waals surface area contributed by atoms with Crippen LogP contribution in [0.25, 0.3) is 0 Å². The number of hydrogen-bond donors (Lipinski definition) is 1. The predicted octanol–water partition coefficient (Wildman–Crippen LogP) is 2.52. The number of amides is 1. The molecule has 1 amide bonds. The van der Waals surface area contributed by atoms with Crippen molar-refractivity contribution in [1.29, 1.82) is 0 Å². The fraction of sp³-hybridized carbons (Fsp3) is 0.333. The number of carbonyl (C=O) groups excluding carboxylic acids is 2. The molecule has 0 spiro atoms. The van der Waals surface area contributed by atoms with Gasteiger partial charge in [-0.15, -0.1) is 0 Å². The third kappa shape index (κ3) is 4.96. The Kier molecular flexibility index (Phi) is 6.89. The van der Waals surface area contributed by atoms with E-state index in [1.807, 2.05) is 0 Å². The number of carbonyl (C=O) groups is 2. The summed E-state index contributed by atoms with van der Waals surface area (Å²) < 4.78 is 0. The lowest BCUT2D eigenvalue weighted by Gasteiger charge is -1.98. The zero-order valence-electron chi connectivity index (χ0n) is 9.41. The van der Waals surface area contributed by atoms with Gasteiger partial charge in [0.2, 0.25) is 0 Å². The maximum Gasteiger partial charge on any atom is 0.251 e. The smallest absolute Gasteiger partial charge is 0.251 e. The first-order valence-corrected chi connectivity index (χ1v) is 4.96. The minimum Gasteiger partial charge on any atom is -0.355 e. The number of rotatable bonds is 2. The van der Waals surface area contributed by atoms with E-state index in [0.717, 1.165) is 6.29 Å². The van der Waals surface area contributed by atoms with Crippen molar-refractivity contribution in [3.63, 3.8) is 0 Å². The van der Waals surface area contributed by atoms with Gasteiger partial charge in [-0.25, -0.2) is 0 Å². The Bertz CT molecular complexity index is 309. The maximum absolute atomic E-state index is 11.0. The molecule has 0 fully saturated rings.